The van der Waals surface area contributed by atoms with Crippen LogP contribution in [0.25, 0.3) is 11.0 Å². The molecule has 80 valence electrons. The third kappa shape index (κ3) is 2.53. The molecule has 1 N–H and O–H groups in total. The van der Waals surface area contributed by atoms with E-state index in [1.54, 1.807) is 6.20 Å². The third-order valence-electron chi connectivity index (χ3n) is 2.19. The topological polar surface area (TPSA) is 50.8 Å². The first-order chi connectivity index (χ1) is 7.25. The van der Waals surface area contributed by atoms with Gasteiger partial charge in [0.1, 0.15) is 0 Å². The maximum Gasteiger partial charge on any atom is 0.155 e. The van der Waals surface area contributed by atoms with Crippen molar-refractivity contribution in [3.63, 3.8) is 0 Å². The standard InChI is InChI=1S/C11H15N3O/c1-8(2)15-4-3-9-5-10-7-13-14-11(10)12-6-9/h5-8H,3-4H2,1-2H3,(H,12,13,14). The Morgan fingerprint density at radius 1 is 1.40 bits per heavy atom. The molecule has 0 radical (unpaired) electrons. The van der Waals surface area contributed by atoms with Crippen molar-refractivity contribution in [3.05, 3.63) is 24.0 Å². The van der Waals surface area contributed by atoms with Crippen molar-refractivity contribution in [2.75, 3.05) is 6.61 Å². The number of H-pyrrole nitrogens is 1. The fourth-order valence-electron chi connectivity index (χ4n) is 1.43. The quantitative estimate of drug-likeness (QED) is 0.829. The van der Waals surface area contributed by atoms with Crippen LogP contribution in [0, 0.1) is 0 Å². The lowest BCUT2D eigenvalue weighted by atomic mass is 10.2. The molecule has 0 bridgehead atoms. The molecule has 0 amide bonds. The van der Waals surface area contributed by atoms with Crippen LogP contribution in [-0.4, -0.2) is 27.9 Å². The number of nitrogens with zero attached hydrogens (tertiary/aromatic N) is 2. The van der Waals surface area contributed by atoms with E-state index in [-0.39, 0.29) is 6.10 Å². The first-order valence-corrected chi connectivity index (χ1v) is 5.15. The van der Waals surface area contributed by atoms with E-state index in [0.717, 1.165) is 24.1 Å². The lowest BCUT2D eigenvalue weighted by molar-refractivity contribution is 0.0813. The Kier molecular flexibility index (Phi) is 2.97. The summed E-state index contributed by atoms with van der Waals surface area (Å²) in [5.41, 5.74) is 2.02. The Labute approximate surface area is 88.7 Å². The van der Waals surface area contributed by atoms with Crippen LogP contribution < -0.4 is 0 Å². The zero-order valence-electron chi connectivity index (χ0n) is 9.03. The van der Waals surface area contributed by atoms with E-state index in [9.17, 15) is 0 Å². The number of aromatic nitrogens is 3. The zero-order chi connectivity index (χ0) is 10.7. The fraction of sp³-hybridized carbons (Fsp3) is 0.455. The van der Waals surface area contributed by atoms with Gasteiger partial charge in [-0.2, -0.15) is 5.10 Å². The number of pyridine rings is 1. The summed E-state index contributed by atoms with van der Waals surface area (Å²) in [6, 6.07) is 2.09. The Morgan fingerprint density at radius 2 is 2.27 bits per heavy atom. The van der Waals surface area contributed by atoms with Crippen LogP contribution in [0.1, 0.15) is 19.4 Å². The number of fused-ring (bicyclic) bond motifs is 1. The Balaban J connectivity index is 2.02. The molecule has 2 heterocycles. The van der Waals surface area contributed by atoms with Gasteiger partial charge in [-0.3, -0.25) is 5.10 Å². The maximum absolute atomic E-state index is 5.49. The summed E-state index contributed by atoms with van der Waals surface area (Å²) in [5.74, 6) is 0. The van der Waals surface area contributed by atoms with Gasteiger partial charge in [0.25, 0.3) is 0 Å². The zero-order valence-corrected chi connectivity index (χ0v) is 9.03. The molecule has 0 saturated carbocycles. The molecule has 15 heavy (non-hydrogen) atoms. The molecule has 0 unspecified atom stereocenters. The molecule has 0 fully saturated rings. The van der Waals surface area contributed by atoms with Crippen molar-refractivity contribution >= 4 is 11.0 Å². The number of ether oxygens (including phenoxy) is 1. The van der Waals surface area contributed by atoms with Crippen LogP contribution in [0.15, 0.2) is 18.5 Å². The highest BCUT2D eigenvalue weighted by molar-refractivity contribution is 5.73. The highest BCUT2D eigenvalue weighted by Crippen LogP contribution is 2.10. The van der Waals surface area contributed by atoms with Crippen molar-refractivity contribution in [3.8, 4) is 0 Å². The average Bonchev–Trinajstić information content (AvgIpc) is 2.64. The second-order valence-electron chi connectivity index (χ2n) is 3.82. The summed E-state index contributed by atoms with van der Waals surface area (Å²) in [7, 11) is 0. The van der Waals surface area contributed by atoms with E-state index in [2.05, 4.69) is 21.2 Å². The minimum absolute atomic E-state index is 0.288. The van der Waals surface area contributed by atoms with E-state index in [4.69, 9.17) is 4.74 Å². The number of hydrogen-bond donors (Lipinski definition) is 1. The second-order valence-corrected chi connectivity index (χ2v) is 3.82. The molecule has 0 spiro atoms. The number of rotatable bonds is 4. The van der Waals surface area contributed by atoms with E-state index >= 15 is 0 Å². The van der Waals surface area contributed by atoms with Crippen molar-refractivity contribution in [1.82, 2.24) is 15.2 Å². The van der Waals surface area contributed by atoms with Gasteiger partial charge in [0.15, 0.2) is 5.65 Å². The van der Waals surface area contributed by atoms with Gasteiger partial charge in [-0.05, 0) is 31.9 Å². The molecule has 4 nitrogen and oxygen atoms in total. The van der Waals surface area contributed by atoms with Crippen molar-refractivity contribution < 1.29 is 4.74 Å². The smallest absolute Gasteiger partial charge is 0.155 e. The van der Waals surface area contributed by atoms with E-state index in [1.165, 1.54) is 5.56 Å². The largest absolute Gasteiger partial charge is 0.378 e. The van der Waals surface area contributed by atoms with Crippen LogP contribution in [0.3, 0.4) is 0 Å². The van der Waals surface area contributed by atoms with Gasteiger partial charge in [-0.25, -0.2) is 4.98 Å². The summed E-state index contributed by atoms with van der Waals surface area (Å²) >= 11 is 0. The number of aromatic amines is 1. The minimum Gasteiger partial charge on any atom is -0.378 e. The number of nitrogens with one attached hydrogen (secondary N) is 1. The lowest BCUT2D eigenvalue weighted by Crippen LogP contribution is -2.06. The molecule has 0 atom stereocenters. The normalized spacial score (nSPS) is 11.4. The second kappa shape index (κ2) is 4.40. The Bertz CT molecular complexity index is 436. The molecule has 2 aromatic heterocycles. The van der Waals surface area contributed by atoms with E-state index in [1.807, 2.05) is 20.0 Å². The van der Waals surface area contributed by atoms with Crippen LogP contribution in [0.5, 0.6) is 0 Å². The van der Waals surface area contributed by atoms with Crippen LogP contribution in [0.2, 0.25) is 0 Å². The Morgan fingerprint density at radius 3 is 3.07 bits per heavy atom. The van der Waals surface area contributed by atoms with Gasteiger partial charge in [-0.1, -0.05) is 0 Å². The average molecular weight is 205 g/mol. The van der Waals surface area contributed by atoms with Gasteiger partial charge < -0.3 is 4.74 Å². The van der Waals surface area contributed by atoms with Gasteiger partial charge in [0.05, 0.1) is 18.9 Å². The molecule has 2 rings (SSSR count). The molecule has 2 aromatic rings. The Hall–Kier alpha value is -1.42. The summed E-state index contributed by atoms with van der Waals surface area (Å²) in [4.78, 5) is 4.27. The SMILES string of the molecule is CC(C)OCCc1cnc2[nH]ncc2c1. The fourth-order valence-corrected chi connectivity index (χ4v) is 1.43. The van der Waals surface area contributed by atoms with Crippen LogP contribution in [-0.2, 0) is 11.2 Å². The molecule has 0 aliphatic carbocycles. The van der Waals surface area contributed by atoms with Crippen LogP contribution >= 0.6 is 0 Å². The summed E-state index contributed by atoms with van der Waals surface area (Å²) < 4.78 is 5.49. The highest BCUT2D eigenvalue weighted by Gasteiger charge is 2.00. The number of hydrogen-bond acceptors (Lipinski definition) is 3. The summed E-state index contributed by atoms with van der Waals surface area (Å²) in [6.07, 6.45) is 4.83. The van der Waals surface area contributed by atoms with Gasteiger partial charge in [0.2, 0.25) is 0 Å². The molecule has 0 aliphatic heterocycles. The van der Waals surface area contributed by atoms with Gasteiger partial charge >= 0.3 is 0 Å². The predicted molar refractivity (Wildman–Crippen MR) is 58.7 cm³/mol. The van der Waals surface area contributed by atoms with Crippen molar-refractivity contribution in [1.29, 1.82) is 0 Å². The molecular weight excluding hydrogens is 190 g/mol. The summed E-state index contributed by atoms with van der Waals surface area (Å²) in [5, 5.41) is 7.81. The molecule has 0 aliphatic rings. The first-order valence-electron chi connectivity index (χ1n) is 5.15. The summed E-state index contributed by atoms with van der Waals surface area (Å²) in [6.45, 7) is 4.82. The molecule has 4 heteroatoms. The predicted octanol–water partition coefficient (Wildman–Crippen LogP) is 1.93. The van der Waals surface area contributed by atoms with Crippen molar-refractivity contribution in [2.45, 2.75) is 26.4 Å². The third-order valence-corrected chi connectivity index (χ3v) is 2.19. The molecule has 0 saturated heterocycles. The monoisotopic (exact) mass is 205 g/mol. The van der Waals surface area contributed by atoms with Crippen LogP contribution in [0.4, 0.5) is 0 Å². The molecule has 0 aromatic carbocycles. The first kappa shape index (κ1) is 10.1. The highest BCUT2D eigenvalue weighted by atomic mass is 16.5. The van der Waals surface area contributed by atoms with Gasteiger partial charge in [0, 0.05) is 11.6 Å². The molecular formula is C11H15N3O. The maximum atomic E-state index is 5.49. The van der Waals surface area contributed by atoms with E-state index < -0.39 is 0 Å². The lowest BCUT2D eigenvalue weighted by Gasteiger charge is -2.06. The van der Waals surface area contributed by atoms with Crippen molar-refractivity contribution in [2.24, 2.45) is 0 Å². The van der Waals surface area contributed by atoms with E-state index in [0.29, 0.717) is 0 Å². The van der Waals surface area contributed by atoms with Gasteiger partial charge in [-0.15, -0.1) is 0 Å². The minimum atomic E-state index is 0.288.